The van der Waals surface area contributed by atoms with Crippen molar-refractivity contribution < 1.29 is 9.53 Å². The highest BCUT2D eigenvalue weighted by Crippen LogP contribution is 2.32. The molecule has 0 spiro atoms. The predicted molar refractivity (Wildman–Crippen MR) is 88.9 cm³/mol. The van der Waals surface area contributed by atoms with Gasteiger partial charge >= 0.3 is 6.09 Å². The van der Waals surface area contributed by atoms with Crippen molar-refractivity contribution in [2.24, 2.45) is 0 Å². The zero-order valence-electron chi connectivity index (χ0n) is 14.3. The van der Waals surface area contributed by atoms with Crippen LogP contribution in [-0.2, 0) is 10.3 Å². The molecule has 1 amide bonds. The summed E-state index contributed by atoms with van der Waals surface area (Å²) in [6, 6.07) is 8.55. The van der Waals surface area contributed by atoms with Gasteiger partial charge in [-0.1, -0.05) is 24.3 Å². The van der Waals surface area contributed by atoms with Gasteiger partial charge in [0.1, 0.15) is 5.60 Å². The highest BCUT2D eigenvalue weighted by atomic mass is 16.6. The monoisotopic (exact) mass is 304 g/mol. The number of hydrogen-bond acceptors (Lipinski definition) is 3. The molecule has 1 aliphatic heterocycles. The first-order chi connectivity index (χ1) is 10.2. The molecule has 2 atom stereocenters. The number of piperidine rings is 1. The van der Waals surface area contributed by atoms with Gasteiger partial charge in [-0.25, -0.2) is 4.79 Å². The number of amides is 1. The topological polar surface area (TPSA) is 50.4 Å². The van der Waals surface area contributed by atoms with Gasteiger partial charge in [0, 0.05) is 11.6 Å². The molecule has 1 aromatic rings. The smallest absolute Gasteiger partial charge is 0.407 e. The van der Waals surface area contributed by atoms with E-state index < -0.39 is 5.60 Å². The van der Waals surface area contributed by atoms with Crippen LogP contribution in [0.1, 0.15) is 51.7 Å². The van der Waals surface area contributed by atoms with E-state index in [-0.39, 0.29) is 17.7 Å². The van der Waals surface area contributed by atoms with Crippen molar-refractivity contribution >= 4 is 6.09 Å². The summed E-state index contributed by atoms with van der Waals surface area (Å²) in [6.45, 7) is 10.9. The number of nitrogens with one attached hydrogen (secondary N) is 2. The van der Waals surface area contributed by atoms with Gasteiger partial charge < -0.3 is 15.4 Å². The van der Waals surface area contributed by atoms with Crippen molar-refractivity contribution in [2.45, 2.75) is 64.6 Å². The Labute approximate surface area is 133 Å². The molecular formula is C18H28N2O2. The normalized spacial score (nSPS) is 25.6. The predicted octanol–water partition coefficient (Wildman–Crippen LogP) is 3.49. The van der Waals surface area contributed by atoms with Crippen LogP contribution in [0, 0.1) is 6.92 Å². The highest BCUT2D eigenvalue weighted by molar-refractivity contribution is 5.68. The largest absolute Gasteiger partial charge is 0.444 e. The fourth-order valence-corrected chi connectivity index (χ4v) is 3.18. The first kappa shape index (κ1) is 16.8. The Morgan fingerprint density at radius 3 is 2.68 bits per heavy atom. The molecule has 0 aliphatic carbocycles. The zero-order valence-corrected chi connectivity index (χ0v) is 14.3. The zero-order chi connectivity index (χ0) is 16.4. The number of carbonyl (C=O) groups excluding carboxylic acids is 1. The lowest BCUT2D eigenvalue weighted by Crippen LogP contribution is -2.53. The van der Waals surface area contributed by atoms with Crippen molar-refractivity contribution in [2.75, 3.05) is 6.54 Å². The Morgan fingerprint density at radius 1 is 1.36 bits per heavy atom. The number of hydrogen-bond donors (Lipinski definition) is 2. The van der Waals surface area contributed by atoms with Gasteiger partial charge in [-0.15, -0.1) is 0 Å². The van der Waals surface area contributed by atoms with Crippen molar-refractivity contribution in [3.63, 3.8) is 0 Å². The summed E-state index contributed by atoms with van der Waals surface area (Å²) in [4.78, 5) is 12.0. The molecule has 0 aromatic heterocycles. The van der Waals surface area contributed by atoms with E-state index in [0.717, 1.165) is 19.4 Å². The average Bonchev–Trinajstić information content (AvgIpc) is 2.36. The van der Waals surface area contributed by atoms with E-state index in [4.69, 9.17) is 4.74 Å². The van der Waals surface area contributed by atoms with Gasteiger partial charge in [0.05, 0.1) is 0 Å². The van der Waals surface area contributed by atoms with Crippen molar-refractivity contribution in [3.8, 4) is 0 Å². The summed E-state index contributed by atoms with van der Waals surface area (Å²) in [5.41, 5.74) is 1.99. The molecule has 4 heteroatoms. The molecule has 0 radical (unpaired) electrons. The van der Waals surface area contributed by atoms with E-state index in [2.05, 4.69) is 48.7 Å². The van der Waals surface area contributed by atoms with Crippen LogP contribution in [0.3, 0.4) is 0 Å². The van der Waals surface area contributed by atoms with Crippen molar-refractivity contribution in [1.82, 2.24) is 10.6 Å². The molecule has 1 aliphatic rings. The number of carbonyl (C=O) groups is 1. The molecule has 2 N–H and O–H groups in total. The first-order valence-electron chi connectivity index (χ1n) is 8.00. The second kappa shape index (κ2) is 6.29. The van der Waals surface area contributed by atoms with Crippen LogP contribution in [0.2, 0.25) is 0 Å². The van der Waals surface area contributed by atoms with Gasteiger partial charge in [0.15, 0.2) is 0 Å². The van der Waals surface area contributed by atoms with Gasteiger partial charge in [-0.2, -0.15) is 0 Å². The summed E-state index contributed by atoms with van der Waals surface area (Å²) in [6.07, 6.45) is 1.45. The second-order valence-electron chi connectivity index (χ2n) is 7.41. The Hall–Kier alpha value is -1.55. The van der Waals surface area contributed by atoms with Crippen LogP contribution >= 0.6 is 0 Å². The van der Waals surface area contributed by atoms with Gasteiger partial charge in [0.2, 0.25) is 0 Å². The molecule has 122 valence electrons. The van der Waals surface area contributed by atoms with E-state index in [0.29, 0.717) is 0 Å². The maximum absolute atomic E-state index is 12.0. The van der Waals surface area contributed by atoms with Crippen LogP contribution in [0.4, 0.5) is 4.79 Å². The second-order valence-corrected chi connectivity index (χ2v) is 7.41. The molecule has 1 aromatic carbocycles. The standard InChI is InChI=1S/C18H28N2O2/c1-13-8-6-7-9-15(13)18(5)12-14(10-11-19-18)20-16(21)22-17(2,3)4/h6-9,14,19H,10-12H2,1-5H3,(H,20,21). The van der Waals surface area contributed by atoms with Crippen molar-refractivity contribution in [3.05, 3.63) is 35.4 Å². The number of rotatable bonds is 2. The minimum absolute atomic E-state index is 0.122. The minimum atomic E-state index is -0.462. The van der Waals surface area contributed by atoms with Crippen LogP contribution in [0.15, 0.2) is 24.3 Å². The maximum Gasteiger partial charge on any atom is 0.407 e. The SMILES string of the molecule is Cc1ccccc1C1(C)CC(NC(=O)OC(C)(C)C)CCN1. The fourth-order valence-electron chi connectivity index (χ4n) is 3.18. The van der Waals surface area contributed by atoms with Crippen LogP contribution in [0.5, 0.6) is 0 Å². The quantitative estimate of drug-likeness (QED) is 0.879. The number of alkyl carbamates (subject to hydrolysis) is 1. The molecular weight excluding hydrogens is 276 g/mol. The lowest BCUT2D eigenvalue weighted by Gasteiger charge is -2.41. The Bertz CT molecular complexity index is 536. The third-order valence-electron chi connectivity index (χ3n) is 4.12. The van der Waals surface area contributed by atoms with Gasteiger partial charge in [-0.3, -0.25) is 0 Å². The van der Waals surface area contributed by atoms with E-state index >= 15 is 0 Å². The molecule has 2 rings (SSSR count). The molecule has 0 saturated carbocycles. The van der Waals surface area contributed by atoms with Crippen LogP contribution < -0.4 is 10.6 Å². The van der Waals surface area contributed by atoms with E-state index in [1.165, 1.54) is 11.1 Å². The summed E-state index contributed by atoms with van der Waals surface area (Å²) in [5.74, 6) is 0. The average molecular weight is 304 g/mol. The maximum atomic E-state index is 12.0. The Kier molecular flexibility index (Phi) is 4.81. The number of benzene rings is 1. The van der Waals surface area contributed by atoms with Crippen molar-refractivity contribution in [1.29, 1.82) is 0 Å². The van der Waals surface area contributed by atoms with E-state index in [1.807, 2.05) is 20.8 Å². The minimum Gasteiger partial charge on any atom is -0.444 e. The lowest BCUT2D eigenvalue weighted by molar-refractivity contribution is 0.0478. The molecule has 0 bridgehead atoms. The Balaban J connectivity index is 2.06. The summed E-state index contributed by atoms with van der Waals surface area (Å²) in [5, 5.41) is 6.63. The van der Waals surface area contributed by atoms with E-state index in [9.17, 15) is 4.79 Å². The molecule has 1 heterocycles. The number of aryl methyl sites for hydroxylation is 1. The van der Waals surface area contributed by atoms with Gasteiger partial charge in [0.25, 0.3) is 0 Å². The summed E-state index contributed by atoms with van der Waals surface area (Å²) in [7, 11) is 0. The van der Waals surface area contributed by atoms with E-state index in [1.54, 1.807) is 0 Å². The third kappa shape index (κ3) is 4.23. The molecule has 22 heavy (non-hydrogen) atoms. The first-order valence-corrected chi connectivity index (χ1v) is 8.00. The third-order valence-corrected chi connectivity index (χ3v) is 4.12. The molecule has 2 unspecified atom stereocenters. The summed E-state index contributed by atoms with van der Waals surface area (Å²) >= 11 is 0. The fraction of sp³-hybridized carbons (Fsp3) is 0.611. The van der Waals surface area contributed by atoms with Crippen LogP contribution in [-0.4, -0.2) is 24.3 Å². The molecule has 1 fully saturated rings. The lowest BCUT2D eigenvalue weighted by atomic mass is 9.80. The van der Waals surface area contributed by atoms with Crippen LogP contribution in [0.25, 0.3) is 0 Å². The molecule has 1 saturated heterocycles. The number of ether oxygens (including phenoxy) is 1. The van der Waals surface area contributed by atoms with Gasteiger partial charge in [-0.05, 0) is 65.1 Å². The highest BCUT2D eigenvalue weighted by Gasteiger charge is 2.35. The molecule has 4 nitrogen and oxygen atoms in total. The Morgan fingerprint density at radius 2 is 2.05 bits per heavy atom. The summed E-state index contributed by atoms with van der Waals surface area (Å²) < 4.78 is 5.37.